The number of aromatic nitrogens is 1. The molecule has 4 aromatic rings. The number of benzene rings is 3. The van der Waals surface area contributed by atoms with Crippen molar-refractivity contribution in [2.75, 3.05) is 16.3 Å². The Kier molecular flexibility index (Phi) is 13.0. The lowest BCUT2D eigenvalue weighted by Gasteiger charge is -2.12. The van der Waals surface area contributed by atoms with Crippen LogP contribution in [0.1, 0.15) is 5.56 Å². The highest BCUT2D eigenvalue weighted by Crippen LogP contribution is 2.29. The van der Waals surface area contributed by atoms with E-state index in [1.54, 1.807) is 48.4 Å². The maximum absolute atomic E-state index is 13.1. The number of hydrogen-bond donors (Lipinski definition) is 3. The Morgan fingerprint density at radius 3 is 2.19 bits per heavy atom. The van der Waals surface area contributed by atoms with Crippen molar-refractivity contribution in [1.29, 1.82) is 0 Å². The van der Waals surface area contributed by atoms with Crippen LogP contribution in [-0.4, -0.2) is 37.9 Å². The third kappa shape index (κ3) is 8.70. The molecule has 0 spiro atoms. The van der Waals surface area contributed by atoms with Crippen molar-refractivity contribution < 1.29 is 25.4 Å². The van der Waals surface area contributed by atoms with Crippen LogP contribution in [0.4, 0.5) is 16.2 Å². The molecule has 0 saturated heterocycles. The number of carbonyl (C=O) groups is 1. The number of carbonyl (C=O) groups excluding carboxylic acids is 1. The van der Waals surface area contributed by atoms with Crippen LogP contribution in [0.5, 0.6) is 0 Å². The second kappa shape index (κ2) is 15.4. The highest BCUT2D eigenvalue weighted by Gasteiger charge is 2.12. The number of rotatable bonds is 8. The van der Waals surface area contributed by atoms with E-state index in [0.717, 1.165) is 16.7 Å². The van der Waals surface area contributed by atoms with Crippen LogP contribution < -0.4 is 15.4 Å². The Hall–Kier alpha value is -3.74. The van der Waals surface area contributed by atoms with Crippen LogP contribution in [0.15, 0.2) is 107 Å². The van der Waals surface area contributed by atoms with E-state index in [0.29, 0.717) is 22.8 Å². The molecule has 0 bridgehead atoms. The van der Waals surface area contributed by atoms with Gasteiger partial charge in [-0.1, -0.05) is 36.4 Å². The van der Waals surface area contributed by atoms with Crippen molar-refractivity contribution in [2.24, 2.45) is 0 Å². The third-order valence-corrected chi connectivity index (χ3v) is 6.94. The zero-order valence-corrected chi connectivity index (χ0v) is 21.7. The number of pyridine rings is 1. The first kappa shape index (κ1) is 31.3. The van der Waals surface area contributed by atoms with E-state index in [-0.39, 0.29) is 22.5 Å². The van der Waals surface area contributed by atoms with Crippen molar-refractivity contribution in [2.45, 2.75) is 16.3 Å². The summed E-state index contributed by atoms with van der Waals surface area (Å²) < 4.78 is 16.2. The van der Waals surface area contributed by atoms with E-state index in [9.17, 15) is 9.00 Å². The van der Waals surface area contributed by atoms with Crippen LogP contribution in [0.3, 0.4) is 0 Å². The Bertz CT molecular complexity index is 1270. The van der Waals surface area contributed by atoms with Gasteiger partial charge < -0.3 is 31.8 Å². The zero-order valence-electron chi connectivity index (χ0n) is 20.0. The summed E-state index contributed by atoms with van der Waals surface area (Å²) in [5.41, 5.74) is 4.17. The molecule has 2 amide bonds. The van der Waals surface area contributed by atoms with Crippen LogP contribution >= 0.6 is 11.8 Å². The van der Waals surface area contributed by atoms with Gasteiger partial charge in [0.05, 0.1) is 4.90 Å². The second-order valence-electron chi connectivity index (χ2n) is 7.34. The molecule has 1 atom stereocenters. The number of hydrogen-bond acceptors (Lipinski definition) is 4. The molecule has 1 unspecified atom stereocenters. The van der Waals surface area contributed by atoms with E-state index >= 15 is 0 Å². The van der Waals surface area contributed by atoms with Gasteiger partial charge in [-0.05, 0) is 71.5 Å². The lowest BCUT2D eigenvalue weighted by molar-refractivity contribution is 0.251. The van der Waals surface area contributed by atoms with Gasteiger partial charge in [0.1, 0.15) is 0 Å². The average Bonchev–Trinajstić information content (AvgIpc) is 2.89. The Balaban J connectivity index is 0.00000228. The summed E-state index contributed by atoms with van der Waals surface area (Å²) in [5, 5.41) is 5.58. The third-order valence-electron chi connectivity index (χ3n) is 5.02. The minimum atomic E-state index is -1.46. The zero-order chi connectivity index (χ0) is 23.8. The first-order valence-electron chi connectivity index (χ1n) is 10.6. The van der Waals surface area contributed by atoms with Crippen LogP contribution in [0.25, 0.3) is 11.1 Å². The van der Waals surface area contributed by atoms with E-state index in [2.05, 4.69) is 32.5 Å². The molecular weight excluding hydrogens is 512 g/mol. The molecule has 1 heterocycles. The van der Waals surface area contributed by atoms with E-state index in [1.165, 1.54) is 4.90 Å². The molecule has 0 fully saturated rings. The van der Waals surface area contributed by atoms with Crippen molar-refractivity contribution in [3.63, 3.8) is 0 Å². The molecule has 4 rings (SSSR count). The summed E-state index contributed by atoms with van der Waals surface area (Å²) in [6.07, 6.45) is 5.43. The van der Waals surface area contributed by atoms with Gasteiger partial charge in [0.25, 0.3) is 0 Å². The van der Waals surface area contributed by atoms with Crippen LogP contribution in [0.2, 0.25) is 0 Å². The van der Waals surface area contributed by atoms with Gasteiger partial charge in [0, 0.05) is 35.2 Å². The normalized spacial score (nSPS) is 10.5. The van der Waals surface area contributed by atoms with E-state index in [1.807, 2.05) is 54.8 Å². The van der Waals surface area contributed by atoms with Crippen molar-refractivity contribution >= 4 is 40.2 Å². The highest BCUT2D eigenvalue weighted by atomic mass is 32.2. The molecule has 0 radical (unpaired) electrons. The lowest BCUT2D eigenvalue weighted by Crippen LogP contribution is -2.28. The quantitative estimate of drug-likeness (QED) is 0.289. The van der Waals surface area contributed by atoms with E-state index < -0.39 is 11.0 Å². The number of thioether (sulfide) groups is 1. The summed E-state index contributed by atoms with van der Waals surface area (Å²) in [6, 6.07) is 26.4. The smallest absolute Gasteiger partial charge is 0.319 e. The molecular formula is C26H30N4O5S2. The van der Waals surface area contributed by atoms with Gasteiger partial charge in [-0.25, -0.2) is 9.00 Å². The summed E-state index contributed by atoms with van der Waals surface area (Å²) in [6.45, 7) is 0.387. The summed E-state index contributed by atoms with van der Waals surface area (Å²) in [4.78, 5) is 18.1. The maximum Gasteiger partial charge on any atom is 0.319 e. The fourth-order valence-corrected chi connectivity index (χ4v) is 4.74. The second-order valence-corrected chi connectivity index (χ2v) is 9.40. The van der Waals surface area contributed by atoms with Crippen LogP contribution in [-0.2, 0) is 17.5 Å². The van der Waals surface area contributed by atoms with Gasteiger partial charge in [0.15, 0.2) is 11.0 Å². The molecule has 1 aromatic heterocycles. The Morgan fingerprint density at radius 1 is 0.865 bits per heavy atom. The first-order chi connectivity index (χ1) is 16.6. The predicted molar refractivity (Wildman–Crippen MR) is 151 cm³/mol. The molecule has 9 N–H and O–H groups in total. The Labute approximate surface area is 222 Å². The lowest BCUT2D eigenvalue weighted by atomic mass is 10.1. The van der Waals surface area contributed by atoms with Gasteiger partial charge >= 0.3 is 6.03 Å². The number of nitrogens with zero attached hydrogens (tertiary/aromatic N) is 1. The fourth-order valence-electron chi connectivity index (χ4n) is 3.28. The minimum Gasteiger partial charge on any atom is -0.412 e. The number of amides is 2. The van der Waals surface area contributed by atoms with Gasteiger partial charge in [0.2, 0.25) is 0 Å². The Morgan fingerprint density at radius 2 is 1.54 bits per heavy atom. The molecule has 11 heteroatoms. The van der Waals surface area contributed by atoms with Crippen molar-refractivity contribution in [1.82, 2.24) is 10.3 Å². The first-order valence-corrected chi connectivity index (χ1v) is 13.0. The SMILES string of the molecule is CSc1ccc(-c2ccccc2S(=O)Nc2ccc(NC(=O)NCc3cccnc3)cc2)cc1.O.O.O. The van der Waals surface area contributed by atoms with Crippen LogP contribution in [0, 0.1) is 0 Å². The molecule has 3 aromatic carbocycles. The maximum atomic E-state index is 13.1. The minimum absolute atomic E-state index is 0. The van der Waals surface area contributed by atoms with Gasteiger partial charge in [-0.15, -0.1) is 11.8 Å². The molecule has 37 heavy (non-hydrogen) atoms. The topological polar surface area (TPSA) is 178 Å². The molecule has 196 valence electrons. The number of nitrogens with one attached hydrogen (secondary N) is 3. The number of urea groups is 1. The molecule has 0 saturated carbocycles. The molecule has 0 aliphatic heterocycles. The summed E-state index contributed by atoms with van der Waals surface area (Å²) in [7, 11) is -1.46. The average molecular weight is 543 g/mol. The summed E-state index contributed by atoms with van der Waals surface area (Å²) in [5.74, 6) is 0. The van der Waals surface area contributed by atoms with Crippen molar-refractivity contribution in [3.05, 3.63) is 103 Å². The van der Waals surface area contributed by atoms with E-state index in [4.69, 9.17) is 0 Å². The number of anilines is 2. The molecule has 9 nitrogen and oxygen atoms in total. The monoisotopic (exact) mass is 542 g/mol. The van der Waals surface area contributed by atoms with Gasteiger partial charge in [-0.3, -0.25) is 4.98 Å². The predicted octanol–water partition coefficient (Wildman–Crippen LogP) is 3.45. The fraction of sp³-hybridized carbons (Fsp3) is 0.0769. The molecule has 0 aliphatic rings. The van der Waals surface area contributed by atoms with Crippen molar-refractivity contribution in [3.8, 4) is 11.1 Å². The standard InChI is InChI=1S/C26H24N4O2S2.3H2O/c1-33-23-14-8-20(9-15-23)24-6-2-3-7-25(24)34(32)30-22-12-10-21(11-13-22)29-26(31)28-18-19-5-4-16-27-17-19;;;/h2-17,30H,18H2,1H3,(H2,28,29,31);3*1H2. The molecule has 0 aliphatic carbocycles. The summed E-state index contributed by atoms with van der Waals surface area (Å²) >= 11 is 1.69. The largest absolute Gasteiger partial charge is 0.412 e. The van der Waals surface area contributed by atoms with Gasteiger partial charge in [-0.2, -0.15) is 0 Å². The highest BCUT2D eigenvalue weighted by molar-refractivity contribution is 7.98.